The summed E-state index contributed by atoms with van der Waals surface area (Å²) in [5, 5.41) is 0. The molecule has 0 aromatic heterocycles. The molecule has 1 saturated carbocycles. The van der Waals surface area contributed by atoms with Crippen LogP contribution in [-0.4, -0.2) is 31.6 Å². The first-order chi connectivity index (χ1) is 5.87. The van der Waals surface area contributed by atoms with Crippen LogP contribution in [0.3, 0.4) is 0 Å². The summed E-state index contributed by atoms with van der Waals surface area (Å²) in [5.74, 6) is 0. The molecular formula is C11H24N2. The van der Waals surface area contributed by atoms with E-state index in [0.29, 0.717) is 10.8 Å². The third-order valence-electron chi connectivity index (χ3n) is 2.74. The van der Waals surface area contributed by atoms with Gasteiger partial charge in [0.05, 0.1) is 0 Å². The van der Waals surface area contributed by atoms with E-state index >= 15 is 0 Å². The van der Waals surface area contributed by atoms with Gasteiger partial charge in [-0.15, -0.1) is 0 Å². The van der Waals surface area contributed by atoms with E-state index in [0.717, 1.165) is 13.1 Å². The molecule has 0 aromatic carbocycles. The van der Waals surface area contributed by atoms with Crippen molar-refractivity contribution in [2.45, 2.75) is 33.6 Å². The zero-order valence-electron chi connectivity index (χ0n) is 9.56. The van der Waals surface area contributed by atoms with E-state index in [4.69, 9.17) is 5.73 Å². The maximum absolute atomic E-state index is 5.75. The van der Waals surface area contributed by atoms with Crippen molar-refractivity contribution in [3.8, 4) is 0 Å². The molecule has 0 aliphatic heterocycles. The first kappa shape index (κ1) is 11.0. The van der Waals surface area contributed by atoms with Crippen molar-refractivity contribution in [1.29, 1.82) is 0 Å². The lowest BCUT2D eigenvalue weighted by Gasteiger charge is -2.29. The molecule has 1 aliphatic rings. The monoisotopic (exact) mass is 184 g/mol. The minimum absolute atomic E-state index is 0.402. The van der Waals surface area contributed by atoms with E-state index in [1.165, 1.54) is 19.4 Å². The Hall–Kier alpha value is -0.0800. The minimum Gasteiger partial charge on any atom is -0.330 e. The summed E-state index contributed by atoms with van der Waals surface area (Å²) in [6.07, 6.45) is 2.66. The first-order valence-corrected chi connectivity index (χ1v) is 5.26. The third-order valence-corrected chi connectivity index (χ3v) is 2.74. The van der Waals surface area contributed by atoms with Gasteiger partial charge in [0.2, 0.25) is 0 Å². The van der Waals surface area contributed by atoms with Crippen molar-refractivity contribution in [1.82, 2.24) is 4.90 Å². The van der Waals surface area contributed by atoms with Crippen molar-refractivity contribution in [2.75, 3.05) is 26.7 Å². The Balaban J connectivity index is 2.29. The second kappa shape index (κ2) is 3.58. The van der Waals surface area contributed by atoms with Gasteiger partial charge in [0.25, 0.3) is 0 Å². The fraction of sp³-hybridized carbons (Fsp3) is 1.00. The molecular weight excluding hydrogens is 160 g/mol. The van der Waals surface area contributed by atoms with Crippen LogP contribution in [0.4, 0.5) is 0 Å². The largest absolute Gasteiger partial charge is 0.330 e. The average molecular weight is 184 g/mol. The summed E-state index contributed by atoms with van der Waals surface area (Å²) in [6, 6.07) is 0. The van der Waals surface area contributed by atoms with E-state index in [9.17, 15) is 0 Å². The molecule has 2 heteroatoms. The number of rotatable bonds is 4. The van der Waals surface area contributed by atoms with Gasteiger partial charge in [-0.05, 0) is 37.3 Å². The molecule has 0 unspecified atom stereocenters. The van der Waals surface area contributed by atoms with Crippen LogP contribution in [-0.2, 0) is 0 Å². The molecule has 1 rings (SSSR count). The van der Waals surface area contributed by atoms with E-state index in [1.54, 1.807) is 0 Å². The summed E-state index contributed by atoms with van der Waals surface area (Å²) in [4.78, 5) is 2.43. The van der Waals surface area contributed by atoms with Crippen LogP contribution in [0.15, 0.2) is 0 Å². The van der Waals surface area contributed by atoms with Gasteiger partial charge in [0.1, 0.15) is 0 Å². The molecule has 0 aromatic rings. The summed E-state index contributed by atoms with van der Waals surface area (Å²) in [6.45, 7) is 10.1. The van der Waals surface area contributed by atoms with E-state index in [2.05, 4.69) is 32.7 Å². The van der Waals surface area contributed by atoms with Crippen LogP contribution in [0.2, 0.25) is 0 Å². The topological polar surface area (TPSA) is 29.3 Å². The molecule has 0 spiro atoms. The van der Waals surface area contributed by atoms with Crippen molar-refractivity contribution >= 4 is 0 Å². The van der Waals surface area contributed by atoms with Crippen molar-refractivity contribution in [2.24, 2.45) is 16.6 Å². The summed E-state index contributed by atoms with van der Waals surface area (Å²) >= 11 is 0. The van der Waals surface area contributed by atoms with Gasteiger partial charge in [-0.1, -0.05) is 20.8 Å². The summed E-state index contributed by atoms with van der Waals surface area (Å²) in [5.41, 5.74) is 6.64. The SMILES string of the molecule is CN(CC(C)(C)C)CC1(CN)CC1. The highest BCUT2D eigenvalue weighted by atomic mass is 15.1. The molecule has 2 N–H and O–H groups in total. The smallest absolute Gasteiger partial charge is 0.00472 e. The highest BCUT2D eigenvalue weighted by Gasteiger charge is 2.42. The van der Waals surface area contributed by atoms with E-state index in [1.807, 2.05) is 0 Å². The molecule has 0 saturated heterocycles. The summed E-state index contributed by atoms with van der Waals surface area (Å²) < 4.78 is 0. The molecule has 0 radical (unpaired) electrons. The van der Waals surface area contributed by atoms with Crippen LogP contribution >= 0.6 is 0 Å². The molecule has 13 heavy (non-hydrogen) atoms. The van der Waals surface area contributed by atoms with Gasteiger partial charge in [-0.3, -0.25) is 0 Å². The Morgan fingerprint density at radius 2 is 1.85 bits per heavy atom. The van der Waals surface area contributed by atoms with Gasteiger partial charge < -0.3 is 10.6 Å². The maximum atomic E-state index is 5.75. The van der Waals surface area contributed by atoms with Gasteiger partial charge >= 0.3 is 0 Å². The number of hydrogen-bond donors (Lipinski definition) is 1. The lowest BCUT2D eigenvalue weighted by molar-refractivity contribution is 0.193. The molecule has 2 nitrogen and oxygen atoms in total. The van der Waals surface area contributed by atoms with E-state index in [-0.39, 0.29) is 0 Å². The number of nitrogens with zero attached hydrogens (tertiary/aromatic N) is 1. The Labute approximate surface area is 82.5 Å². The molecule has 1 aliphatic carbocycles. The van der Waals surface area contributed by atoms with Crippen LogP contribution in [0.5, 0.6) is 0 Å². The predicted octanol–water partition coefficient (Wildman–Crippen LogP) is 1.70. The van der Waals surface area contributed by atoms with Crippen LogP contribution < -0.4 is 5.73 Å². The molecule has 0 amide bonds. The number of hydrogen-bond acceptors (Lipinski definition) is 2. The quantitative estimate of drug-likeness (QED) is 0.720. The van der Waals surface area contributed by atoms with Crippen LogP contribution in [0.1, 0.15) is 33.6 Å². The first-order valence-electron chi connectivity index (χ1n) is 5.26. The minimum atomic E-state index is 0.402. The van der Waals surface area contributed by atoms with Gasteiger partial charge in [0.15, 0.2) is 0 Å². The second-order valence-electron chi connectivity index (χ2n) is 5.94. The van der Waals surface area contributed by atoms with Gasteiger partial charge in [-0.2, -0.15) is 0 Å². The maximum Gasteiger partial charge on any atom is 0.00472 e. The predicted molar refractivity (Wildman–Crippen MR) is 57.7 cm³/mol. The standard InChI is InChI=1S/C11H24N2/c1-10(2,3)8-13(4)9-11(7-12)5-6-11/h5-9,12H2,1-4H3. The lowest BCUT2D eigenvalue weighted by atomic mass is 9.95. The van der Waals surface area contributed by atoms with Gasteiger partial charge in [0, 0.05) is 13.1 Å². The third kappa shape index (κ3) is 3.65. The Morgan fingerprint density at radius 3 is 2.15 bits per heavy atom. The van der Waals surface area contributed by atoms with Crippen molar-refractivity contribution in [3.05, 3.63) is 0 Å². The molecule has 78 valence electrons. The van der Waals surface area contributed by atoms with Crippen molar-refractivity contribution < 1.29 is 0 Å². The molecule has 1 fully saturated rings. The fourth-order valence-electron chi connectivity index (χ4n) is 2.04. The fourth-order valence-corrected chi connectivity index (χ4v) is 2.04. The number of nitrogens with two attached hydrogens (primary N) is 1. The zero-order chi connectivity index (χ0) is 10.1. The highest BCUT2D eigenvalue weighted by Crippen LogP contribution is 2.45. The van der Waals surface area contributed by atoms with Crippen LogP contribution in [0, 0.1) is 10.8 Å². The highest BCUT2D eigenvalue weighted by molar-refractivity contribution is 4.96. The zero-order valence-corrected chi connectivity index (χ0v) is 9.56. The average Bonchev–Trinajstić information content (AvgIpc) is 2.65. The van der Waals surface area contributed by atoms with E-state index < -0.39 is 0 Å². The van der Waals surface area contributed by atoms with Gasteiger partial charge in [-0.25, -0.2) is 0 Å². The molecule has 0 heterocycles. The Kier molecular flexibility index (Phi) is 3.03. The second-order valence-corrected chi connectivity index (χ2v) is 5.94. The van der Waals surface area contributed by atoms with Crippen molar-refractivity contribution in [3.63, 3.8) is 0 Å². The Morgan fingerprint density at radius 1 is 1.31 bits per heavy atom. The summed E-state index contributed by atoms with van der Waals surface area (Å²) in [7, 11) is 2.21. The molecule has 0 atom stereocenters. The van der Waals surface area contributed by atoms with Crippen LogP contribution in [0.25, 0.3) is 0 Å². The lowest BCUT2D eigenvalue weighted by Crippen LogP contribution is -2.36. The Bertz CT molecular complexity index is 165. The molecule has 0 bridgehead atoms. The normalized spacial score (nSPS) is 20.8.